The maximum Gasteiger partial charge on any atom is 0.147 e. The molecule has 1 unspecified atom stereocenters. The monoisotopic (exact) mass is 236 g/mol. The Morgan fingerprint density at radius 1 is 1.47 bits per heavy atom. The number of hydrogen-bond donors (Lipinski definition) is 1. The van der Waals surface area contributed by atoms with E-state index in [0.29, 0.717) is 37.6 Å². The summed E-state index contributed by atoms with van der Waals surface area (Å²) in [6.07, 6.45) is -0.0567. The molecule has 0 radical (unpaired) electrons. The van der Waals surface area contributed by atoms with E-state index >= 15 is 0 Å². The van der Waals surface area contributed by atoms with Crippen LogP contribution in [0, 0.1) is 17.1 Å². The summed E-state index contributed by atoms with van der Waals surface area (Å²) in [6.45, 7) is 2.19. The van der Waals surface area contributed by atoms with Gasteiger partial charge in [-0.25, -0.2) is 4.39 Å². The number of anilines is 1. The van der Waals surface area contributed by atoms with Crippen LogP contribution in [-0.4, -0.2) is 32.5 Å². The SMILES string of the molecule is N#Cc1ccc(NCC2COCCO2)c(F)c1. The fourth-order valence-electron chi connectivity index (χ4n) is 1.61. The van der Waals surface area contributed by atoms with Gasteiger partial charge >= 0.3 is 0 Å². The molecule has 0 amide bonds. The van der Waals surface area contributed by atoms with E-state index in [1.54, 1.807) is 12.1 Å². The number of rotatable bonds is 3. The van der Waals surface area contributed by atoms with Crippen LogP contribution in [0.5, 0.6) is 0 Å². The van der Waals surface area contributed by atoms with Gasteiger partial charge in [-0.1, -0.05) is 0 Å². The molecule has 17 heavy (non-hydrogen) atoms. The van der Waals surface area contributed by atoms with Crippen LogP contribution in [-0.2, 0) is 9.47 Å². The molecule has 0 aliphatic carbocycles. The summed E-state index contributed by atoms with van der Waals surface area (Å²) in [5.41, 5.74) is 0.684. The number of benzene rings is 1. The van der Waals surface area contributed by atoms with Crippen molar-refractivity contribution >= 4 is 5.69 Å². The normalized spacial score (nSPS) is 19.6. The topological polar surface area (TPSA) is 54.3 Å². The lowest BCUT2D eigenvalue weighted by Gasteiger charge is -2.23. The van der Waals surface area contributed by atoms with Gasteiger partial charge in [0.25, 0.3) is 0 Å². The summed E-state index contributed by atoms with van der Waals surface area (Å²) >= 11 is 0. The summed E-state index contributed by atoms with van der Waals surface area (Å²) in [6, 6.07) is 6.22. The molecule has 1 aliphatic rings. The molecule has 1 aliphatic heterocycles. The van der Waals surface area contributed by atoms with Gasteiger partial charge in [-0.15, -0.1) is 0 Å². The second kappa shape index (κ2) is 5.62. The third-order valence-corrected chi connectivity index (χ3v) is 2.50. The Morgan fingerprint density at radius 2 is 2.35 bits per heavy atom. The summed E-state index contributed by atoms with van der Waals surface area (Å²) in [5, 5.41) is 11.6. The largest absolute Gasteiger partial charge is 0.380 e. The zero-order chi connectivity index (χ0) is 12.1. The number of nitrogens with one attached hydrogen (secondary N) is 1. The number of nitriles is 1. The smallest absolute Gasteiger partial charge is 0.147 e. The summed E-state index contributed by atoms with van der Waals surface area (Å²) in [5.74, 6) is -0.430. The number of hydrogen-bond acceptors (Lipinski definition) is 4. The fourth-order valence-corrected chi connectivity index (χ4v) is 1.61. The average Bonchev–Trinajstić information content (AvgIpc) is 2.38. The van der Waals surface area contributed by atoms with Gasteiger partial charge in [0, 0.05) is 6.54 Å². The first-order valence-electron chi connectivity index (χ1n) is 5.42. The number of halogens is 1. The molecule has 1 aromatic rings. The van der Waals surface area contributed by atoms with E-state index < -0.39 is 5.82 Å². The van der Waals surface area contributed by atoms with Crippen molar-refractivity contribution in [3.63, 3.8) is 0 Å². The zero-order valence-corrected chi connectivity index (χ0v) is 9.28. The second-order valence-corrected chi connectivity index (χ2v) is 3.76. The molecule has 1 N–H and O–H groups in total. The highest BCUT2D eigenvalue weighted by Crippen LogP contribution is 2.15. The predicted molar refractivity (Wildman–Crippen MR) is 60.2 cm³/mol. The molecule has 90 valence electrons. The summed E-state index contributed by atoms with van der Waals surface area (Å²) in [7, 11) is 0. The van der Waals surface area contributed by atoms with Gasteiger partial charge < -0.3 is 14.8 Å². The lowest BCUT2D eigenvalue weighted by Crippen LogP contribution is -2.34. The van der Waals surface area contributed by atoms with Crippen LogP contribution in [0.25, 0.3) is 0 Å². The lowest BCUT2D eigenvalue weighted by molar-refractivity contribution is -0.0819. The van der Waals surface area contributed by atoms with Crippen LogP contribution >= 0.6 is 0 Å². The molecule has 5 heteroatoms. The maximum absolute atomic E-state index is 13.5. The van der Waals surface area contributed by atoms with E-state index in [1.807, 2.05) is 6.07 Å². The number of ether oxygens (including phenoxy) is 2. The molecule has 0 saturated carbocycles. The van der Waals surface area contributed by atoms with Gasteiger partial charge in [-0.2, -0.15) is 5.26 Å². The Bertz CT molecular complexity index is 425. The van der Waals surface area contributed by atoms with Gasteiger partial charge in [0.05, 0.1) is 43.2 Å². The van der Waals surface area contributed by atoms with E-state index in [-0.39, 0.29) is 6.10 Å². The van der Waals surface area contributed by atoms with Crippen molar-refractivity contribution in [2.75, 3.05) is 31.7 Å². The molecule has 1 saturated heterocycles. The van der Waals surface area contributed by atoms with Crippen LogP contribution in [0.15, 0.2) is 18.2 Å². The Labute approximate surface area is 99.0 Å². The molecule has 0 aromatic heterocycles. The van der Waals surface area contributed by atoms with Crippen molar-refractivity contribution in [3.05, 3.63) is 29.6 Å². The third-order valence-electron chi connectivity index (χ3n) is 2.50. The molecule has 2 rings (SSSR count). The molecule has 1 fully saturated rings. The first kappa shape index (κ1) is 11.8. The van der Waals surface area contributed by atoms with Crippen molar-refractivity contribution < 1.29 is 13.9 Å². The highest BCUT2D eigenvalue weighted by molar-refractivity contribution is 5.48. The van der Waals surface area contributed by atoms with Crippen LogP contribution in [0.3, 0.4) is 0 Å². The predicted octanol–water partition coefficient (Wildman–Crippen LogP) is 1.52. The molecular weight excluding hydrogens is 223 g/mol. The molecule has 0 spiro atoms. The number of nitrogens with zero attached hydrogens (tertiary/aromatic N) is 1. The van der Waals surface area contributed by atoms with Crippen molar-refractivity contribution in [1.82, 2.24) is 0 Å². The zero-order valence-electron chi connectivity index (χ0n) is 9.28. The summed E-state index contributed by atoms with van der Waals surface area (Å²) < 4.78 is 24.2. The minimum Gasteiger partial charge on any atom is -0.380 e. The molecule has 4 nitrogen and oxygen atoms in total. The van der Waals surface area contributed by atoms with E-state index in [9.17, 15) is 4.39 Å². The van der Waals surface area contributed by atoms with Crippen molar-refractivity contribution in [1.29, 1.82) is 5.26 Å². The van der Waals surface area contributed by atoms with E-state index in [0.717, 1.165) is 0 Å². The summed E-state index contributed by atoms with van der Waals surface area (Å²) in [4.78, 5) is 0. The van der Waals surface area contributed by atoms with Crippen LogP contribution in [0.1, 0.15) is 5.56 Å². The third kappa shape index (κ3) is 3.16. The van der Waals surface area contributed by atoms with Gasteiger partial charge in [0.15, 0.2) is 0 Å². The van der Waals surface area contributed by atoms with Crippen LogP contribution in [0.4, 0.5) is 10.1 Å². The molecule has 0 bridgehead atoms. The lowest BCUT2D eigenvalue weighted by atomic mass is 10.2. The van der Waals surface area contributed by atoms with Crippen LogP contribution < -0.4 is 5.32 Å². The standard InChI is InChI=1S/C12H13FN2O2/c13-11-5-9(6-14)1-2-12(11)15-7-10-8-16-3-4-17-10/h1-2,5,10,15H,3-4,7-8H2. The highest BCUT2D eigenvalue weighted by Gasteiger charge is 2.14. The molecular formula is C12H13FN2O2. The molecule has 1 aromatic carbocycles. The molecule has 1 atom stereocenters. The van der Waals surface area contributed by atoms with Crippen molar-refractivity contribution in [2.24, 2.45) is 0 Å². The van der Waals surface area contributed by atoms with E-state index in [1.165, 1.54) is 6.07 Å². The average molecular weight is 236 g/mol. The van der Waals surface area contributed by atoms with Gasteiger partial charge in [0.1, 0.15) is 5.82 Å². The highest BCUT2D eigenvalue weighted by atomic mass is 19.1. The Balaban J connectivity index is 1.92. The van der Waals surface area contributed by atoms with E-state index in [2.05, 4.69) is 5.32 Å². The second-order valence-electron chi connectivity index (χ2n) is 3.76. The minimum absolute atomic E-state index is 0.0567. The fraction of sp³-hybridized carbons (Fsp3) is 0.417. The first-order valence-corrected chi connectivity index (χ1v) is 5.42. The van der Waals surface area contributed by atoms with Gasteiger partial charge in [-0.3, -0.25) is 0 Å². The quantitative estimate of drug-likeness (QED) is 0.864. The maximum atomic E-state index is 13.5. The molecule has 1 heterocycles. The first-order chi connectivity index (χ1) is 8.29. The van der Waals surface area contributed by atoms with Crippen LogP contribution in [0.2, 0.25) is 0 Å². The Kier molecular flexibility index (Phi) is 3.91. The van der Waals surface area contributed by atoms with Crippen molar-refractivity contribution in [2.45, 2.75) is 6.10 Å². The minimum atomic E-state index is -0.430. The van der Waals surface area contributed by atoms with Gasteiger partial charge in [-0.05, 0) is 18.2 Å². The van der Waals surface area contributed by atoms with Crippen molar-refractivity contribution in [3.8, 4) is 6.07 Å². The Hall–Kier alpha value is -1.64. The van der Waals surface area contributed by atoms with E-state index in [4.69, 9.17) is 14.7 Å². The van der Waals surface area contributed by atoms with Gasteiger partial charge in [0.2, 0.25) is 0 Å². The Morgan fingerprint density at radius 3 is 3.00 bits per heavy atom.